The Bertz CT molecular complexity index is 1270. The lowest BCUT2D eigenvalue weighted by Gasteiger charge is -2.10. The highest BCUT2D eigenvalue weighted by molar-refractivity contribution is 5.94. The molecular formula is C24H27N7O5. The largest absolute Gasteiger partial charge is 0.478 e. The van der Waals surface area contributed by atoms with E-state index in [1.807, 2.05) is 6.92 Å². The minimum absolute atomic E-state index is 0.0677. The molecule has 0 spiro atoms. The number of rotatable bonds is 11. The van der Waals surface area contributed by atoms with Crippen LogP contribution in [0.25, 0.3) is 5.69 Å². The Balaban J connectivity index is 1.48. The molecule has 4 rings (SSSR count). The first kappa shape index (κ1) is 24.8. The minimum Gasteiger partial charge on any atom is -0.478 e. The summed E-state index contributed by atoms with van der Waals surface area (Å²) in [6, 6.07) is 8.60. The second-order valence-corrected chi connectivity index (χ2v) is 8.47. The van der Waals surface area contributed by atoms with Crippen LogP contribution in [-0.2, 0) is 6.42 Å². The molecule has 2 N–H and O–H groups in total. The molecule has 1 aliphatic rings. The van der Waals surface area contributed by atoms with Crippen molar-refractivity contribution in [3.63, 3.8) is 0 Å². The number of amides is 2. The zero-order valence-corrected chi connectivity index (χ0v) is 20.1. The first-order chi connectivity index (χ1) is 17.4. The number of nitrogens with zero attached hydrogens (tertiary/aromatic N) is 5. The summed E-state index contributed by atoms with van der Waals surface area (Å²) in [7, 11) is 0. The van der Waals surface area contributed by atoms with E-state index in [1.54, 1.807) is 35.9 Å². The SMILES string of the molecule is CCNC(=O)c1ccc(-n2nnc(C(=O)NC3CC3)c2CCCOc2cc(C)c([N+](=O)[O-])cn2)cc1. The predicted molar refractivity (Wildman–Crippen MR) is 129 cm³/mol. The highest BCUT2D eigenvalue weighted by Crippen LogP contribution is 2.22. The summed E-state index contributed by atoms with van der Waals surface area (Å²) in [5.41, 5.74) is 2.46. The number of aryl methyl sites for hydroxylation is 1. The van der Waals surface area contributed by atoms with E-state index in [-0.39, 0.29) is 41.7 Å². The van der Waals surface area contributed by atoms with Crippen LogP contribution in [-0.4, -0.2) is 55.9 Å². The van der Waals surface area contributed by atoms with Gasteiger partial charge in [-0.1, -0.05) is 5.21 Å². The van der Waals surface area contributed by atoms with Crippen molar-refractivity contribution in [3.8, 4) is 11.6 Å². The lowest BCUT2D eigenvalue weighted by atomic mass is 10.1. The van der Waals surface area contributed by atoms with Crippen LogP contribution in [0, 0.1) is 17.0 Å². The standard InChI is InChI=1S/C24H27N7O5/c1-3-25-23(32)16-6-10-18(11-7-16)30-19(22(28-29-30)24(33)27-17-8-9-17)5-4-12-36-21-13-15(2)20(14-26-21)31(34)35/h6-7,10-11,13-14,17H,3-5,8-9,12H2,1-2H3,(H,25,32)(H,27,33). The lowest BCUT2D eigenvalue weighted by Crippen LogP contribution is -2.27. The van der Waals surface area contributed by atoms with E-state index in [4.69, 9.17) is 4.74 Å². The lowest BCUT2D eigenvalue weighted by molar-refractivity contribution is -0.385. The average molecular weight is 494 g/mol. The fraction of sp³-hybridized carbons (Fsp3) is 0.375. The van der Waals surface area contributed by atoms with Crippen molar-refractivity contribution < 1.29 is 19.2 Å². The smallest absolute Gasteiger partial charge is 0.290 e. The molecule has 0 bridgehead atoms. The summed E-state index contributed by atoms with van der Waals surface area (Å²) in [5, 5.41) is 25.0. The highest BCUT2D eigenvalue weighted by atomic mass is 16.6. The van der Waals surface area contributed by atoms with Gasteiger partial charge < -0.3 is 15.4 Å². The predicted octanol–water partition coefficient (Wildman–Crippen LogP) is 2.53. The number of ether oxygens (including phenoxy) is 1. The second-order valence-electron chi connectivity index (χ2n) is 8.47. The fourth-order valence-electron chi connectivity index (χ4n) is 3.62. The van der Waals surface area contributed by atoms with Gasteiger partial charge in [-0.3, -0.25) is 19.7 Å². The van der Waals surface area contributed by atoms with E-state index in [0.717, 1.165) is 12.8 Å². The van der Waals surface area contributed by atoms with Gasteiger partial charge in [0.15, 0.2) is 5.69 Å². The van der Waals surface area contributed by atoms with Crippen molar-refractivity contribution >= 4 is 17.5 Å². The molecule has 0 unspecified atom stereocenters. The first-order valence-electron chi connectivity index (χ1n) is 11.7. The molecule has 188 valence electrons. The number of hydrogen-bond acceptors (Lipinski definition) is 8. The highest BCUT2D eigenvalue weighted by Gasteiger charge is 2.27. The van der Waals surface area contributed by atoms with Crippen LogP contribution in [0.5, 0.6) is 5.88 Å². The van der Waals surface area contributed by atoms with E-state index in [2.05, 4.69) is 25.9 Å². The molecule has 1 fully saturated rings. The fourth-order valence-corrected chi connectivity index (χ4v) is 3.62. The number of carbonyl (C=O) groups is 2. The molecule has 3 aromatic rings. The van der Waals surface area contributed by atoms with E-state index < -0.39 is 4.92 Å². The molecule has 1 aliphatic carbocycles. The summed E-state index contributed by atoms with van der Waals surface area (Å²) in [5.74, 6) is -0.150. The number of hydrogen-bond donors (Lipinski definition) is 2. The van der Waals surface area contributed by atoms with Gasteiger partial charge in [-0.25, -0.2) is 9.67 Å². The molecule has 2 aromatic heterocycles. The van der Waals surface area contributed by atoms with Crippen molar-refractivity contribution in [3.05, 3.63) is 69.2 Å². The van der Waals surface area contributed by atoms with Crippen molar-refractivity contribution in [2.24, 2.45) is 0 Å². The molecular weight excluding hydrogens is 466 g/mol. The Morgan fingerprint density at radius 3 is 2.61 bits per heavy atom. The number of carbonyl (C=O) groups excluding carboxylic acids is 2. The molecule has 0 saturated heterocycles. The van der Waals surface area contributed by atoms with Gasteiger partial charge in [0, 0.05) is 29.8 Å². The topological polar surface area (TPSA) is 154 Å². The van der Waals surface area contributed by atoms with Gasteiger partial charge in [0.25, 0.3) is 17.5 Å². The van der Waals surface area contributed by atoms with Crippen LogP contribution in [0.1, 0.15) is 58.3 Å². The van der Waals surface area contributed by atoms with Crippen molar-refractivity contribution in [2.45, 2.75) is 45.6 Å². The Hall–Kier alpha value is -4.35. The molecule has 1 aromatic carbocycles. The van der Waals surface area contributed by atoms with Gasteiger partial charge in [0.2, 0.25) is 5.88 Å². The monoisotopic (exact) mass is 493 g/mol. The maximum absolute atomic E-state index is 12.8. The summed E-state index contributed by atoms with van der Waals surface area (Å²) in [6.45, 7) is 4.28. The van der Waals surface area contributed by atoms with E-state index >= 15 is 0 Å². The number of aromatic nitrogens is 4. The van der Waals surface area contributed by atoms with Crippen LogP contribution in [0.2, 0.25) is 0 Å². The Labute approximate surface area is 207 Å². The van der Waals surface area contributed by atoms with E-state index in [9.17, 15) is 19.7 Å². The van der Waals surface area contributed by atoms with E-state index in [0.29, 0.717) is 41.9 Å². The first-order valence-corrected chi connectivity index (χ1v) is 11.7. The van der Waals surface area contributed by atoms with Gasteiger partial charge in [-0.05, 0) is 63.8 Å². The number of pyridine rings is 1. The van der Waals surface area contributed by atoms with Crippen LogP contribution >= 0.6 is 0 Å². The molecule has 36 heavy (non-hydrogen) atoms. The van der Waals surface area contributed by atoms with Gasteiger partial charge >= 0.3 is 0 Å². The molecule has 2 amide bonds. The Morgan fingerprint density at radius 1 is 1.22 bits per heavy atom. The van der Waals surface area contributed by atoms with Crippen molar-refractivity contribution in [1.29, 1.82) is 0 Å². The summed E-state index contributed by atoms with van der Waals surface area (Å²) in [4.78, 5) is 39.3. The third-order valence-electron chi connectivity index (χ3n) is 5.66. The number of nitrogens with one attached hydrogen (secondary N) is 2. The maximum Gasteiger partial charge on any atom is 0.290 e. The average Bonchev–Trinajstić information content (AvgIpc) is 3.57. The number of nitro groups is 1. The summed E-state index contributed by atoms with van der Waals surface area (Å²) in [6.07, 6.45) is 4.03. The maximum atomic E-state index is 12.8. The third-order valence-corrected chi connectivity index (χ3v) is 5.66. The van der Waals surface area contributed by atoms with Crippen LogP contribution in [0.3, 0.4) is 0 Å². The van der Waals surface area contributed by atoms with Gasteiger partial charge in [-0.2, -0.15) is 0 Å². The molecule has 0 radical (unpaired) electrons. The van der Waals surface area contributed by atoms with Crippen molar-refractivity contribution in [2.75, 3.05) is 13.2 Å². The molecule has 0 aliphatic heterocycles. The Kier molecular flexibility index (Phi) is 7.52. The van der Waals surface area contributed by atoms with Gasteiger partial charge in [0.1, 0.15) is 6.20 Å². The molecule has 12 nitrogen and oxygen atoms in total. The van der Waals surface area contributed by atoms with Crippen LogP contribution < -0.4 is 15.4 Å². The summed E-state index contributed by atoms with van der Waals surface area (Å²) < 4.78 is 7.27. The number of benzene rings is 1. The zero-order valence-electron chi connectivity index (χ0n) is 20.1. The summed E-state index contributed by atoms with van der Waals surface area (Å²) >= 11 is 0. The zero-order chi connectivity index (χ0) is 25.7. The Morgan fingerprint density at radius 2 is 1.97 bits per heavy atom. The van der Waals surface area contributed by atoms with E-state index in [1.165, 1.54) is 12.3 Å². The molecule has 12 heteroatoms. The van der Waals surface area contributed by atoms with Crippen molar-refractivity contribution in [1.82, 2.24) is 30.6 Å². The van der Waals surface area contributed by atoms with Crippen LogP contribution in [0.15, 0.2) is 36.5 Å². The van der Waals surface area contributed by atoms with Gasteiger partial charge in [-0.15, -0.1) is 5.10 Å². The quantitative estimate of drug-likeness (QED) is 0.235. The molecule has 2 heterocycles. The molecule has 0 atom stereocenters. The van der Waals surface area contributed by atoms with Gasteiger partial charge in [0.05, 0.1) is 22.9 Å². The normalized spacial score (nSPS) is 12.7. The minimum atomic E-state index is -0.489. The second kappa shape index (κ2) is 10.9. The molecule has 1 saturated carbocycles. The van der Waals surface area contributed by atoms with Crippen LogP contribution in [0.4, 0.5) is 5.69 Å². The third kappa shape index (κ3) is 5.82.